The van der Waals surface area contributed by atoms with E-state index in [4.69, 9.17) is 4.74 Å². The predicted molar refractivity (Wildman–Crippen MR) is 87.4 cm³/mol. The lowest BCUT2D eigenvalue weighted by molar-refractivity contribution is -0.152. The molecule has 0 bridgehead atoms. The Morgan fingerprint density at radius 3 is 2.78 bits per heavy atom. The Morgan fingerprint density at radius 1 is 1.17 bits per heavy atom. The van der Waals surface area contributed by atoms with E-state index in [0.29, 0.717) is 24.5 Å². The Morgan fingerprint density at radius 2 is 2.00 bits per heavy atom. The second-order valence-electron chi connectivity index (χ2n) is 7.72. The molecule has 3 aliphatic rings. The molecule has 23 heavy (non-hydrogen) atoms. The van der Waals surface area contributed by atoms with Gasteiger partial charge in [-0.3, -0.25) is 9.59 Å². The number of hydrogen-bond donors (Lipinski definition) is 0. The van der Waals surface area contributed by atoms with Crippen LogP contribution in [0.3, 0.4) is 0 Å². The van der Waals surface area contributed by atoms with Crippen LogP contribution in [0.25, 0.3) is 0 Å². The van der Waals surface area contributed by atoms with Gasteiger partial charge < -0.3 is 4.74 Å². The molecular weight excluding hydrogens is 288 g/mol. The van der Waals surface area contributed by atoms with Gasteiger partial charge in [-0.15, -0.1) is 0 Å². The third kappa shape index (κ3) is 2.24. The molecule has 0 amide bonds. The van der Waals surface area contributed by atoms with Gasteiger partial charge in [0.15, 0.2) is 0 Å². The highest BCUT2D eigenvalue weighted by atomic mass is 16.5. The number of carbonyl (C=O) groups is 2. The third-order valence-corrected chi connectivity index (χ3v) is 6.45. The first-order valence-electron chi connectivity index (χ1n) is 8.81. The highest BCUT2D eigenvalue weighted by molar-refractivity contribution is 5.83. The second kappa shape index (κ2) is 5.19. The SMILES string of the molecule is CC(=O)OC1CCC2c3ccc4c(c3CCC12C)CCC(=O)C4. The summed E-state index contributed by atoms with van der Waals surface area (Å²) in [7, 11) is 0. The van der Waals surface area contributed by atoms with Crippen molar-refractivity contribution in [3.8, 4) is 0 Å². The normalized spacial score (nSPS) is 32.0. The lowest BCUT2D eigenvalue weighted by atomic mass is 9.64. The summed E-state index contributed by atoms with van der Waals surface area (Å²) >= 11 is 0. The highest BCUT2D eigenvalue weighted by Crippen LogP contribution is 2.57. The van der Waals surface area contributed by atoms with Crippen molar-refractivity contribution in [2.45, 2.75) is 70.8 Å². The number of hydrogen-bond acceptors (Lipinski definition) is 3. The van der Waals surface area contributed by atoms with Crippen molar-refractivity contribution in [2.24, 2.45) is 5.41 Å². The minimum absolute atomic E-state index is 0.0516. The summed E-state index contributed by atoms with van der Waals surface area (Å²) in [6.45, 7) is 3.81. The number of Topliss-reactive ketones (excluding diaryl/α,β-unsaturated/α-hetero) is 1. The number of esters is 1. The molecule has 0 aromatic heterocycles. The maximum atomic E-state index is 11.7. The van der Waals surface area contributed by atoms with Crippen LogP contribution in [-0.2, 0) is 33.6 Å². The van der Waals surface area contributed by atoms with Crippen molar-refractivity contribution in [1.29, 1.82) is 0 Å². The smallest absolute Gasteiger partial charge is 0.302 e. The van der Waals surface area contributed by atoms with Crippen molar-refractivity contribution in [3.63, 3.8) is 0 Å². The summed E-state index contributed by atoms with van der Waals surface area (Å²) in [5.41, 5.74) is 5.72. The van der Waals surface area contributed by atoms with E-state index in [1.165, 1.54) is 29.2 Å². The van der Waals surface area contributed by atoms with Gasteiger partial charge in [-0.1, -0.05) is 19.1 Å². The zero-order valence-electron chi connectivity index (χ0n) is 14.0. The molecule has 0 heterocycles. The predicted octanol–water partition coefficient (Wildman–Crippen LogP) is 3.51. The zero-order valence-corrected chi connectivity index (χ0v) is 14.0. The van der Waals surface area contributed by atoms with Gasteiger partial charge in [0, 0.05) is 25.2 Å². The molecule has 122 valence electrons. The molecule has 1 aromatic rings. The number of benzene rings is 1. The van der Waals surface area contributed by atoms with Gasteiger partial charge in [0.2, 0.25) is 0 Å². The molecule has 0 spiro atoms. The summed E-state index contributed by atoms with van der Waals surface area (Å²) in [6.07, 6.45) is 6.46. The fourth-order valence-corrected chi connectivity index (χ4v) is 5.26. The fourth-order valence-electron chi connectivity index (χ4n) is 5.26. The summed E-state index contributed by atoms with van der Waals surface area (Å²) in [5, 5.41) is 0. The van der Waals surface area contributed by atoms with E-state index in [9.17, 15) is 9.59 Å². The first-order valence-corrected chi connectivity index (χ1v) is 8.81. The zero-order chi connectivity index (χ0) is 16.2. The van der Waals surface area contributed by atoms with E-state index in [1.54, 1.807) is 0 Å². The highest BCUT2D eigenvalue weighted by Gasteiger charge is 2.51. The Hall–Kier alpha value is -1.64. The largest absolute Gasteiger partial charge is 0.462 e. The van der Waals surface area contributed by atoms with Crippen LogP contribution in [0.4, 0.5) is 0 Å². The van der Waals surface area contributed by atoms with E-state index in [2.05, 4.69) is 19.1 Å². The van der Waals surface area contributed by atoms with E-state index in [0.717, 1.165) is 32.1 Å². The van der Waals surface area contributed by atoms with Gasteiger partial charge in [0.05, 0.1) is 0 Å². The summed E-state index contributed by atoms with van der Waals surface area (Å²) in [6, 6.07) is 4.43. The standard InChI is InChI=1S/C20H24O3/c1-12(21)23-19-8-7-18-17-5-3-13-11-14(22)4-6-15(13)16(17)9-10-20(18,19)2/h3,5,18-19H,4,6-11H2,1-2H3. The van der Waals surface area contributed by atoms with Gasteiger partial charge >= 0.3 is 5.97 Å². The van der Waals surface area contributed by atoms with E-state index < -0.39 is 0 Å². The van der Waals surface area contributed by atoms with Crippen LogP contribution in [0.2, 0.25) is 0 Å². The van der Waals surface area contributed by atoms with Crippen molar-refractivity contribution in [3.05, 3.63) is 34.4 Å². The van der Waals surface area contributed by atoms with Crippen LogP contribution in [-0.4, -0.2) is 17.9 Å². The molecule has 3 unspecified atom stereocenters. The molecule has 0 saturated heterocycles. The van der Waals surface area contributed by atoms with Crippen LogP contribution < -0.4 is 0 Å². The molecule has 0 aliphatic heterocycles. The van der Waals surface area contributed by atoms with E-state index >= 15 is 0 Å². The van der Waals surface area contributed by atoms with Crippen LogP contribution in [0, 0.1) is 5.41 Å². The molecule has 3 aliphatic carbocycles. The molecule has 0 N–H and O–H groups in total. The van der Waals surface area contributed by atoms with Crippen LogP contribution in [0.5, 0.6) is 0 Å². The van der Waals surface area contributed by atoms with E-state index in [1.807, 2.05) is 0 Å². The van der Waals surface area contributed by atoms with Gasteiger partial charge in [0.25, 0.3) is 0 Å². The van der Waals surface area contributed by atoms with Gasteiger partial charge in [-0.2, -0.15) is 0 Å². The molecule has 4 rings (SSSR count). The quantitative estimate of drug-likeness (QED) is 0.745. The summed E-state index contributed by atoms with van der Waals surface area (Å²) < 4.78 is 5.64. The third-order valence-electron chi connectivity index (χ3n) is 6.45. The summed E-state index contributed by atoms with van der Waals surface area (Å²) in [5.74, 6) is 0.694. The minimum Gasteiger partial charge on any atom is -0.462 e. The number of rotatable bonds is 1. The number of ketones is 1. The summed E-state index contributed by atoms with van der Waals surface area (Å²) in [4.78, 5) is 23.2. The Bertz CT molecular complexity index is 690. The van der Waals surface area contributed by atoms with Crippen molar-refractivity contribution in [1.82, 2.24) is 0 Å². The monoisotopic (exact) mass is 312 g/mol. The van der Waals surface area contributed by atoms with Gasteiger partial charge in [0.1, 0.15) is 11.9 Å². The van der Waals surface area contributed by atoms with Crippen molar-refractivity contribution < 1.29 is 14.3 Å². The Balaban J connectivity index is 1.72. The number of fused-ring (bicyclic) bond motifs is 5. The maximum Gasteiger partial charge on any atom is 0.302 e. The van der Waals surface area contributed by atoms with Crippen molar-refractivity contribution >= 4 is 11.8 Å². The molecule has 3 atom stereocenters. The lowest BCUT2D eigenvalue weighted by Gasteiger charge is -2.42. The average molecular weight is 312 g/mol. The molecular formula is C20H24O3. The lowest BCUT2D eigenvalue weighted by Crippen LogP contribution is -2.38. The Labute approximate surface area is 137 Å². The maximum absolute atomic E-state index is 11.7. The topological polar surface area (TPSA) is 43.4 Å². The minimum atomic E-state index is -0.161. The molecule has 1 aromatic carbocycles. The van der Waals surface area contributed by atoms with Crippen LogP contribution in [0.15, 0.2) is 12.1 Å². The van der Waals surface area contributed by atoms with Crippen LogP contribution >= 0.6 is 0 Å². The molecule has 3 nitrogen and oxygen atoms in total. The average Bonchev–Trinajstić information content (AvgIpc) is 2.83. The fraction of sp³-hybridized carbons (Fsp3) is 0.600. The van der Waals surface area contributed by atoms with Crippen LogP contribution in [0.1, 0.15) is 67.7 Å². The molecule has 3 heteroatoms. The number of carbonyl (C=O) groups excluding carboxylic acids is 2. The second-order valence-corrected chi connectivity index (χ2v) is 7.72. The molecule has 0 radical (unpaired) electrons. The number of ether oxygens (including phenoxy) is 1. The van der Waals surface area contributed by atoms with Gasteiger partial charge in [-0.05, 0) is 60.3 Å². The van der Waals surface area contributed by atoms with Gasteiger partial charge in [-0.25, -0.2) is 0 Å². The Kier molecular flexibility index (Phi) is 3.36. The molecule has 1 saturated carbocycles. The first-order chi connectivity index (χ1) is 11.0. The first kappa shape index (κ1) is 14.9. The van der Waals surface area contributed by atoms with Crippen molar-refractivity contribution in [2.75, 3.05) is 0 Å². The van der Waals surface area contributed by atoms with E-state index in [-0.39, 0.29) is 17.5 Å². The molecule has 1 fully saturated rings.